The Morgan fingerprint density at radius 3 is 2.03 bits per heavy atom. The lowest BCUT2D eigenvalue weighted by molar-refractivity contribution is 0.383. The van der Waals surface area contributed by atoms with E-state index < -0.39 is 10.0 Å². The van der Waals surface area contributed by atoms with Crippen molar-refractivity contribution < 1.29 is 8.42 Å². The molecule has 0 amide bonds. The van der Waals surface area contributed by atoms with Crippen molar-refractivity contribution in [3.63, 3.8) is 0 Å². The molecule has 0 saturated carbocycles. The SMILES string of the molecule is CCc1ccc(-c2ccc(N3CCN(S(=O)(=O)c4cc(C)cc(C)c4)CC3)nn2)cc1. The second-order valence-electron chi connectivity index (χ2n) is 8.04. The van der Waals surface area contributed by atoms with E-state index in [2.05, 4.69) is 46.3 Å². The molecule has 1 aromatic heterocycles. The molecule has 162 valence electrons. The first-order valence-corrected chi connectivity index (χ1v) is 12.1. The van der Waals surface area contributed by atoms with Crippen molar-refractivity contribution in [1.29, 1.82) is 0 Å². The van der Waals surface area contributed by atoms with Gasteiger partial charge in [0, 0.05) is 31.7 Å². The molecule has 31 heavy (non-hydrogen) atoms. The Hall–Kier alpha value is -2.77. The minimum Gasteiger partial charge on any atom is -0.352 e. The van der Waals surface area contributed by atoms with Crippen LogP contribution in [0.15, 0.2) is 59.5 Å². The molecule has 0 N–H and O–H groups in total. The highest BCUT2D eigenvalue weighted by molar-refractivity contribution is 7.89. The number of aryl methyl sites for hydroxylation is 3. The molecule has 0 radical (unpaired) electrons. The maximum Gasteiger partial charge on any atom is 0.243 e. The summed E-state index contributed by atoms with van der Waals surface area (Å²) in [6.45, 7) is 8.01. The molecule has 2 aromatic carbocycles. The van der Waals surface area contributed by atoms with Gasteiger partial charge in [-0.3, -0.25) is 0 Å². The summed E-state index contributed by atoms with van der Waals surface area (Å²) in [4.78, 5) is 2.46. The molecular weight excluding hydrogens is 408 g/mol. The summed E-state index contributed by atoms with van der Waals surface area (Å²) in [6.07, 6.45) is 1.01. The number of benzene rings is 2. The predicted octanol–water partition coefficient (Wildman–Crippen LogP) is 3.83. The van der Waals surface area contributed by atoms with Gasteiger partial charge in [0.15, 0.2) is 5.82 Å². The fourth-order valence-electron chi connectivity index (χ4n) is 3.95. The summed E-state index contributed by atoms with van der Waals surface area (Å²) in [6, 6.07) is 17.8. The van der Waals surface area contributed by atoms with Gasteiger partial charge in [-0.05, 0) is 61.2 Å². The molecule has 0 spiro atoms. The highest BCUT2D eigenvalue weighted by Gasteiger charge is 2.29. The van der Waals surface area contributed by atoms with Crippen LogP contribution in [0.2, 0.25) is 0 Å². The van der Waals surface area contributed by atoms with Crippen LogP contribution in [0, 0.1) is 13.8 Å². The number of piperazine rings is 1. The van der Waals surface area contributed by atoms with E-state index in [1.54, 1.807) is 16.4 Å². The van der Waals surface area contributed by atoms with E-state index in [4.69, 9.17) is 0 Å². The Labute approximate surface area is 184 Å². The normalized spacial score (nSPS) is 15.3. The standard InChI is InChI=1S/C24H28N4O2S/c1-4-20-5-7-21(8-6-20)23-9-10-24(26-25-23)27-11-13-28(14-12-27)31(29,30)22-16-18(2)15-19(3)17-22/h5-10,15-17H,4,11-14H2,1-3H3. The van der Waals surface area contributed by atoms with Crippen molar-refractivity contribution in [3.05, 3.63) is 71.3 Å². The maximum atomic E-state index is 13.1. The molecule has 7 heteroatoms. The van der Waals surface area contributed by atoms with Crippen LogP contribution in [0.4, 0.5) is 5.82 Å². The molecule has 3 aromatic rings. The Morgan fingerprint density at radius 2 is 1.48 bits per heavy atom. The molecule has 1 saturated heterocycles. The lowest BCUT2D eigenvalue weighted by atomic mass is 10.1. The fraction of sp³-hybridized carbons (Fsp3) is 0.333. The number of anilines is 1. The average Bonchev–Trinajstić information content (AvgIpc) is 2.79. The van der Waals surface area contributed by atoms with E-state index in [9.17, 15) is 8.42 Å². The number of aromatic nitrogens is 2. The first-order valence-electron chi connectivity index (χ1n) is 10.6. The van der Waals surface area contributed by atoms with E-state index in [1.807, 2.05) is 32.0 Å². The second kappa shape index (κ2) is 8.77. The van der Waals surface area contributed by atoms with E-state index in [0.29, 0.717) is 31.1 Å². The minimum atomic E-state index is -3.49. The van der Waals surface area contributed by atoms with Crippen LogP contribution in [0.5, 0.6) is 0 Å². The summed E-state index contributed by atoms with van der Waals surface area (Å²) in [5.41, 5.74) is 5.08. The van der Waals surface area contributed by atoms with Gasteiger partial charge in [-0.1, -0.05) is 37.3 Å². The van der Waals surface area contributed by atoms with Gasteiger partial charge in [-0.15, -0.1) is 10.2 Å². The van der Waals surface area contributed by atoms with Crippen molar-refractivity contribution in [3.8, 4) is 11.3 Å². The molecule has 4 rings (SSSR count). The van der Waals surface area contributed by atoms with Crippen molar-refractivity contribution in [1.82, 2.24) is 14.5 Å². The Morgan fingerprint density at radius 1 is 0.839 bits per heavy atom. The molecular formula is C24H28N4O2S. The molecule has 2 heterocycles. The lowest BCUT2D eigenvalue weighted by Crippen LogP contribution is -2.49. The van der Waals surface area contributed by atoms with Gasteiger partial charge in [-0.2, -0.15) is 4.31 Å². The van der Waals surface area contributed by atoms with E-state index >= 15 is 0 Å². The van der Waals surface area contributed by atoms with E-state index in [0.717, 1.165) is 34.6 Å². The second-order valence-corrected chi connectivity index (χ2v) is 9.98. The topological polar surface area (TPSA) is 66.4 Å². The number of hydrogen-bond acceptors (Lipinski definition) is 5. The van der Waals surface area contributed by atoms with Crippen LogP contribution in [0.3, 0.4) is 0 Å². The molecule has 6 nitrogen and oxygen atoms in total. The zero-order valence-corrected chi connectivity index (χ0v) is 19.1. The monoisotopic (exact) mass is 436 g/mol. The molecule has 1 aliphatic rings. The largest absolute Gasteiger partial charge is 0.352 e. The predicted molar refractivity (Wildman–Crippen MR) is 124 cm³/mol. The summed E-state index contributed by atoms with van der Waals surface area (Å²) in [5, 5.41) is 8.79. The molecule has 1 aliphatic heterocycles. The van der Waals surface area contributed by atoms with Gasteiger partial charge in [-0.25, -0.2) is 8.42 Å². The Bertz CT molecular complexity index is 1130. The van der Waals surface area contributed by atoms with Gasteiger partial charge < -0.3 is 4.90 Å². The van der Waals surface area contributed by atoms with Gasteiger partial charge in [0.1, 0.15) is 0 Å². The van der Waals surface area contributed by atoms with Crippen LogP contribution in [0.25, 0.3) is 11.3 Å². The molecule has 0 bridgehead atoms. The zero-order chi connectivity index (χ0) is 22.0. The van der Waals surface area contributed by atoms with Crippen molar-refractivity contribution in [2.24, 2.45) is 0 Å². The first-order chi connectivity index (χ1) is 14.9. The first kappa shape index (κ1) is 21.5. The van der Waals surface area contributed by atoms with Crippen LogP contribution in [0.1, 0.15) is 23.6 Å². The van der Waals surface area contributed by atoms with Crippen molar-refractivity contribution >= 4 is 15.8 Å². The van der Waals surface area contributed by atoms with Gasteiger partial charge in [0.25, 0.3) is 0 Å². The number of hydrogen-bond donors (Lipinski definition) is 0. The van der Waals surface area contributed by atoms with E-state index in [1.165, 1.54) is 5.56 Å². The number of nitrogens with zero attached hydrogens (tertiary/aromatic N) is 4. The average molecular weight is 437 g/mol. The van der Waals surface area contributed by atoms with E-state index in [-0.39, 0.29) is 0 Å². The number of rotatable bonds is 5. The molecule has 1 fully saturated rings. The fourth-order valence-corrected chi connectivity index (χ4v) is 5.56. The summed E-state index contributed by atoms with van der Waals surface area (Å²) < 4.78 is 27.7. The zero-order valence-electron chi connectivity index (χ0n) is 18.2. The Balaban J connectivity index is 1.43. The van der Waals surface area contributed by atoms with Gasteiger partial charge in [0.05, 0.1) is 10.6 Å². The van der Waals surface area contributed by atoms with Crippen LogP contribution in [-0.2, 0) is 16.4 Å². The highest BCUT2D eigenvalue weighted by Crippen LogP contribution is 2.23. The van der Waals surface area contributed by atoms with Crippen LogP contribution < -0.4 is 4.90 Å². The molecule has 0 atom stereocenters. The molecule has 0 unspecified atom stereocenters. The quantitative estimate of drug-likeness (QED) is 0.608. The van der Waals surface area contributed by atoms with Crippen molar-refractivity contribution in [2.45, 2.75) is 32.1 Å². The Kier molecular flexibility index (Phi) is 6.07. The smallest absolute Gasteiger partial charge is 0.243 e. The van der Waals surface area contributed by atoms with Crippen molar-refractivity contribution in [2.75, 3.05) is 31.1 Å². The van der Waals surface area contributed by atoms with Gasteiger partial charge in [0.2, 0.25) is 10.0 Å². The third-order valence-electron chi connectivity index (χ3n) is 5.70. The summed E-state index contributed by atoms with van der Waals surface area (Å²) in [5.74, 6) is 0.775. The molecule has 0 aliphatic carbocycles. The van der Waals surface area contributed by atoms with Crippen LogP contribution >= 0.6 is 0 Å². The summed E-state index contributed by atoms with van der Waals surface area (Å²) >= 11 is 0. The highest BCUT2D eigenvalue weighted by atomic mass is 32.2. The lowest BCUT2D eigenvalue weighted by Gasteiger charge is -2.34. The third kappa shape index (κ3) is 4.62. The maximum absolute atomic E-state index is 13.1. The summed E-state index contributed by atoms with van der Waals surface area (Å²) in [7, 11) is -3.49. The number of sulfonamides is 1. The third-order valence-corrected chi connectivity index (χ3v) is 7.58. The van der Waals surface area contributed by atoms with Gasteiger partial charge >= 0.3 is 0 Å². The minimum absolute atomic E-state index is 0.372. The van der Waals surface area contributed by atoms with Crippen LogP contribution in [-0.4, -0.2) is 49.1 Å².